The van der Waals surface area contributed by atoms with E-state index >= 15 is 0 Å². The second-order valence-corrected chi connectivity index (χ2v) is 4.02. The Morgan fingerprint density at radius 3 is 2.31 bits per heavy atom. The summed E-state index contributed by atoms with van der Waals surface area (Å²) in [7, 11) is 0. The van der Waals surface area contributed by atoms with Crippen LogP contribution in [-0.2, 0) is 0 Å². The molecule has 0 aliphatic heterocycles. The Labute approximate surface area is 80.6 Å². The molecule has 1 fully saturated rings. The Kier molecular flexibility index (Phi) is 4.06. The highest BCUT2D eigenvalue weighted by molar-refractivity contribution is 5.75. The van der Waals surface area contributed by atoms with Gasteiger partial charge in [0.15, 0.2) is 5.96 Å². The molecule has 0 saturated heterocycles. The van der Waals surface area contributed by atoms with Crippen LogP contribution in [0.1, 0.15) is 45.4 Å². The van der Waals surface area contributed by atoms with Gasteiger partial charge in [-0.3, -0.25) is 4.99 Å². The van der Waals surface area contributed by atoms with Crippen LogP contribution in [0, 0.1) is 5.92 Å². The fourth-order valence-electron chi connectivity index (χ4n) is 2.18. The molecule has 1 aliphatic rings. The molecule has 0 aromatic heterocycles. The van der Waals surface area contributed by atoms with Gasteiger partial charge in [-0.05, 0) is 31.6 Å². The summed E-state index contributed by atoms with van der Waals surface area (Å²) in [4.78, 5) is 4.20. The third-order valence-electron chi connectivity index (χ3n) is 2.84. The Hall–Kier alpha value is -0.730. The van der Waals surface area contributed by atoms with Gasteiger partial charge in [0.05, 0.1) is 6.04 Å². The average molecular weight is 183 g/mol. The van der Waals surface area contributed by atoms with Crippen molar-refractivity contribution in [3.63, 3.8) is 0 Å². The van der Waals surface area contributed by atoms with Gasteiger partial charge in [-0.2, -0.15) is 0 Å². The predicted octanol–water partition coefficient (Wildman–Crippen LogP) is 1.62. The highest BCUT2D eigenvalue weighted by Crippen LogP contribution is 2.29. The summed E-state index contributed by atoms with van der Waals surface area (Å²) in [6.45, 7) is 2.25. The van der Waals surface area contributed by atoms with Crippen LogP contribution < -0.4 is 11.5 Å². The SMILES string of the molecule is CCCC1CCC(N=C(N)N)CC1. The number of aliphatic imine (C=N–C) groups is 1. The Balaban J connectivity index is 2.26. The summed E-state index contributed by atoms with van der Waals surface area (Å²) < 4.78 is 0. The van der Waals surface area contributed by atoms with Crippen molar-refractivity contribution in [2.24, 2.45) is 22.4 Å². The van der Waals surface area contributed by atoms with Crippen molar-refractivity contribution in [1.29, 1.82) is 0 Å². The third-order valence-corrected chi connectivity index (χ3v) is 2.84. The molecular formula is C10H21N3. The van der Waals surface area contributed by atoms with Crippen molar-refractivity contribution in [3.05, 3.63) is 0 Å². The minimum atomic E-state index is 0.249. The Morgan fingerprint density at radius 2 is 1.85 bits per heavy atom. The van der Waals surface area contributed by atoms with Crippen molar-refractivity contribution >= 4 is 5.96 Å². The van der Waals surface area contributed by atoms with Crippen molar-refractivity contribution in [1.82, 2.24) is 0 Å². The molecule has 0 amide bonds. The minimum absolute atomic E-state index is 0.249. The summed E-state index contributed by atoms with van der Waals surface area (Å²) in [6.07, 6.45) is 7.61. The first-order chi connectivity index (χ1) is 6.22. The Morgan fingerprint density at radius 1 is 1.23 bits per heavy atom. The van der Waals surface area contributed by atoms with Crippen molar-refractivity contribution in [2.75, 3.05) is 0 Å². The summed E-state index contributed by atoms with van der Waals surface area (Å²) in [6, 6.07) is 0.401. The second-order valence-electron chi connectivity index (χ2n) is 4.02. The first kappa shape index (κ1) is 10.4. The van der Waals surface area contributed by atoms with Gasteiger partial charge in [0.2, 0.25) is 0 Å². The lowest BCUT2D eigenvalue weighted by Crippen LogP contribution is -2.27. The molecule has 3 heteroatoms. The predicted molar refractivity (Wildman–Crippen MR) is 56.5 cm³/mol. The number of guanidine groups is 1. The number of nitrogens with zero attached hydrogens (tertiary/aromatic N) is 1. The fourth-order valence-corrected chi connectivity index (χ4v) is 2.18. The van der Waals surface area contributed by atoms with E-state index in [9.17, 15) is 0 Å². The van der Waals surface area contributed by atoms with E-state index in [1.54, 1.807) is 0 Å². The van der Waals surface area contributed by atoms with E-state index < -0.39 is 0 Å². The molecule has 0 atom stereocenters. The molecule has 0 aromatic rings. The fraction of sp³-hybridized carbons (Fsp3) is 0.900. The number of hydrogen-bond donors (Lipinski definition) is 2. The van der Waals surface area contributed by atoms with E-state index in [0.29, 0.717) is 6.04 Å². The molecule has 76 valence electrons. The summed E-state index contributed by atoms with van der Waals surface area (Å²) in [5.74, 6) is 1.18. The molecule has 0 aromatic carbocycles. The van der Waals surface area contributed by atoms with Gasteiger partial charge in [0.1, 0.15) is 0 Å². The molecule has 0 spiro atoms. The van der Waals surface area contributed by atoms with Crippen molar-refractivity contribution < 1.29 is 0 Å². The molecule has 0 bridgehead atoms. The zero-order valence-electron chi connectivity index (χ0n) is 8.50. The zero-order valence-corrected chi connectivity index (χ0v) is 8.50. The largest absolute Gasteiger partial charge is 0.370 e. The van der Waals surface area contributed by atoms with Crippen LogP contribution >= 0.6 is 0 Å². The van der Waals surface area contributed by atoms with E-state index in [2.05, 4.69) is 11.9 Å². The molecule has 1 rings (SSSR count). The zero-order chi connectivity index (χ0) is 9.68. The maximum atomic E-state index is 5.34. The maximum Gasteiger partial charge on any atom is 0.186 e. The van der Waals surface area contributed by atoms with Crippen LogP contribution in [0.5, 0.6) is 0 Å². The van der Waals surface area contributed by atoms with Crippen LogP contribution in [0.4, 0.5) is 0 Å². The lowest BCUT2D eigenvalue weighted by molar-refractivity contribution is 0.309. The average Bonchev–Trinajstić information content (AvgIpc) is 2.08. The second kappa shape index (κ2) is 5.10. The first-order valence-corrected chi connectivity index (χ1v) is 5.31. The van der Waals surface area contributed by atoms with E-state index in [-0.39, 0.29) is 5.96 Å². The number of rotatable bonds is 3. The summed E-state index contributed by atoms with van der Waals surface area (Å²) in [5, 5.41) is 0. The first-order valence-electron chi connectivity index (χ1n) is 5.31. The van der Waals surface area contributed by atoms with Crippen LogP contribution in [0.2, 0.25) is 0 Å². The molecule has 0 unspecified atom stereocenters. The van der Waals surface area contributed by atoms with Gasteiger partial charge < -0.3 is 11.5 Å². The number of nitrogens with two attached hydrogens (primary N) is 2. The summed E-state index contributed by atoms with van der Waals surface area (Å²) in [5.41, 5.74) is 10.7. The molecule has 0 heterocycles. The van der Waals surface area contributed by atoms with Gasteiger partial charge >= 0.3 is 0 Å². The highest BCUT2D eigenvalue weighted by Gasteiger charge is 2.19. The van der Waals surface area contributed by atoms with Gasteiger partial charge in [-0.1, -0.05) is 19.8 Å². The maximum absolute atomic E-state index is 5.34. The molecule has 4 N–H and O–H groups in total. The van der Waals surface area contributed by atoms with E-state index in [4.69, 9.17) is 11.5 Å². The molecule has 0 radical (unpaired) electrons. The van der Waals surface area contributed by atoms with E-state index in [0.717, 1.165) is 5.92 Å². The van der Waals surface area contributed by atoms with E-state index in [1.807, 2.05) is 0 Å². The van der Waals surface area contributed by atoms with E-state index in [1.165, 1.54) is 38.5 Å². The normalized spacial score (nSPS) is 28.4. The monoisotopic (exact) mass is 183 g/mol. The number of hydrogen-bond acceptors (Lipinski definition) is 1. The molecule has 1 aliphatic carbocycles. The highest BCUT2D eigenvalue weighted by atomic mass is 15.0. The topological polar surface area (TPSA) is 64.4 Å². The molecule has 1 saturated carbocycles. The molecule has 3 nitrogen and oxygen atoms in total. The van der Waals surface area contributed by atoms with Gasteiger partial charge in [-0.25, -0.2) is 0 Å². The minimum Gasteiger partial charge on any atom is -0.370 e. The van der Waals surface area contributed by atoms with Crippen LogP contribution in [0.25, 0.3) is 0 Å². The smallest absolute Gasteiger partial charge is 0.186 e. The lowest BCUT2D eigenvalue weighted by atomic mass is 9.84. The van der Waals surface area contributed by atoms with Crippen molar-refractivity contribution in [3.8, 4) is 0 Å². The van der Waals surface area contributed by atoms with Gasteiger partial charge in [-0.15, -0.1) is 0 Å². The third kappa shape index (κ3) is 3.66. The lowest BCUT2D eigenvalue weighted by Gasteiger charge is -2.25. The van der Waals surface area contributed by atoms with Gasteiger partial charge in [0, 0.05) is 0 Å². The molecular weight excluding hydrogens is 162 g/mol. The Bertz CT molecular complexity index is 165. The van der Waals surface area contributed by atoms with Crippen LogP contribution in [-0.4, -0.2) is 12.0 Å². The summed E-state index contributed by atoms with van der Waals surface area (Å²) >= 11 is 0. The quantitative estimate of drug-likeness (QED) is 0.516. The van der Waals surface area contributed by atoms with Crippen LogP contribution in [0.3, 0.4) is 0 Å². The van der Waals surface area contributed by atoms with Gasteiger partial charge in [0.25, 0.3) is 0 Å². The standard InChI is InChI=1S/C10H21N3/c1-2-3-8-4-6-9(7-5-8)13-10(11)12/h8-9H,2-7H2,1H3,(H4,11,12,13). The van der Waals surface area contributed by atoms with Crippen LogP contribution in [0.15, 0.2) is 4.99 Å². The molecule has 13 heavy (non-hydrogen) atoms. The van der Waals surface area contributed by atoms with Crippen molar-refractivity contribution in [2.45, 2.75) is 51.5 Å².